The number of benzene rings is 2. The zero-order chi connectivity index (χ0) is 39.7. The summed E-state index contributed by atoms with van der Waals surface area (Å²) in [5.74, 6) is 1.38. The van der Waals surface area contributed by atoms with Crippen molar-refractivity contribution in [2.75, 3.05) is 20.2 Å². The van der Waals surface area contributed by atoms with Crippen LogP contribution in [0.5, 0.6) is 0 Å². The summed E-state index contributed by atoms with van der Waals surface area (Å²) in [5.41, 5.74) is 5.13. The molecule has 294 valence electrons. The Morgan fingerprint density at radius 1 is 0.768 bits per heavy atom. The molecule has 15 heteroatoms. The minimum atomic E-state index is -1.22. The third kappa shape index (κ3) is 7.70. The van der Waals surface area contributed by atoms with Gasteiger partial charge in [0, 0.05) is 29.6 Å². The van der Waals surface area contributed by atoms with Crippen LogP contribution in [0.2, 0.25) is 0 Å². The Morgan fingerprint density at radius 2 is 1.29 bits per heavy atom. The number of rotatable bonds is 11. The number of H-pyrrole nitrogens is 2. The second kappa shape index (κ2) is 15.9. The van der Waals surface area contributed by atoms with E-state index in [1.165, 1.54) is 7.11 Å². The van der Waals surface area contributed by atoms with E-state index in [0.29, 0.717) is 24.7 Å². The van der Waals surface area contributed by atoms with Gasteiger partial charge in [0.15, 0.2) is 0 Å². The van der Waals surface area contributed by atoms with Gasteiger partial charge in [-0.25, -0.2) is 19.6 Å². The number of aromatic nitrogens is 4. The first-order valence-electron chi connectivity index (χ1n) is 19.1. The predicted molar refractivity (Wildman–Crippen MR) is 208 cm³/mol. The van der Waals surface area contributed by atoms with E-state index in [1.807, 2.05) is 76.2 Å². The number of methoxy groups -OCH3 is 1. The first-order valence-corrected chi connectivity index (χ1v) is 19.1. The standard InChI is InChI=1S/C41H48N8O7/c1-22(2)34(46-40(52)53)38(50)48-16-6-9-31(48)37-43-21-29(45-37)26-14-15-32-27(18-26)19-33(56-32)25-12-10-24(11-13-25)28-20-42-36(44-28)30-8-7-17-49(30)39(51)35(23(3)4)47-41(54)55-5/h10-15,18-23,30-31,34-35,46H,6-9,16-17H2,1-5H3,(H,42,44)(H,43,45)(H,47,54)(H,52,53)/t30-,31-,34+,35+/m0/s1. The highest BCUT2D eigenvalue weighted by Crippen LogP contribution is 2.36. The topological polar surface area (TPSA) is 199 Å². The molecule has 2 aliphatic rings. The van der Waals surface area contributed by atoms with E-state index in [0.717, 1.165) is 70.5 Å². The van der Waals surface area contributed by atoms with Gasteiger partial charge < -0.3 is 44.7 Å². The van der Waals surface area contributed by atoms with Crippen LogP contribution in [0.25, 0.3) is 44.8 Å². The van der Waals surface area contributed by atoms with Gasteiger partial charge in [-0.3, -0.25) is 9.59 Å². The van der Waals surface area contributed by atoms with Gasteiger partial charge in [-0.05, 0) is 67.3 Å². The molecule has 2 aromatic carbocycles. The van der Waals surface area contributed by atoms with Crippen molar-refractivity contribution in [1.29, 1.82) is 0 Å². The fourth-order valence-electron chi connectivity index (χ4n) is 7.81. The Morgan fingerprint density at radius 3 is 1.82 bits per heavy atom. The number of amides is 4. The molecule has 5 heterocycles. The summed E-state index contributed by atoms with van der Waals surface area (Å²) in [6.07, 6.45) is 4.83. The van der Waals surface area contributed by atoms with Gasteiger partial charge in [0.1, 0.15) is 35.1 Å². The first-order chi connectivity index (χ1) is 26.9. The van der Waals surface area contributed by atoms with E-state index in [2.05, 4.69) is 30.6 Å². The summed E-state index contributed by atoms with van der Waals surface area (Å²) in [5, 5.41) is 15.3. The number of hydrogen-bond donors (Lipinski definition) is 5. The minimum absolute atomic E-state index is 0.115. The number of alkyl carbamates (subject to hydrolysis) is 1. The number of carbonyl (C=O) groups excluding carboxylic acids is 3. The number of nitrogens with zero attached hydrogens (tertiary/aromatic N) is 4. The Hall–Kier alpha value is -6.12. The quantitative estimate of drug-likeness (QED) is 0.0952. The van der Waals surface area contributed by atoms with Gasteiger partial charge in [-0.15, -0.1) is 0 Å². The number of imidazole rings is 2. The lowest BCUT2D eigenvalue weighted by atomic mass is 10.0. The van der Waals surface area contributed by atoms with Crippen molar-refractivity contribution < 1.29 is 33.4 Å². The monoisotopic (exact) mass is 764 g/mol. The minimum Gasteiger partial charge on any atom is -0.465 e. The van der Waals surface area contributed by atoms with E-state index in [9.17, 15) is 24.3 Å². The number of aromatic amines is 2. The lowest BCUT2D eigenvalue weighted by molar-refractivity contribution is -0.136. The van der Waals surface area contributed by atoms with Gasteiger partial charge in [-0.2, -0.15) is 0 Å². The number of carboxylic acid groups (broad SMARTS) is 1. The number of nitrogens with one attached hydrogen (secondary N) is 4. The normalized spacial score (nSPS) is 18.1. The van der Waals surface area contributed by atoms with Crippen LogP contribution in [-0.2, 0) is 14.3 Å². The third-order valence-corrected chi connectivity index (χ3v) is 10.8. The number of carbonyl (C=O) groups is 4. The zero-order valence-electron chi connectivity index (χ0n) is 32.2. The lowest BCUT2D eigenvalue weighted by Gasteiger charge is -2.30. The maximum absolute atomic E-state index is 13.5. The molecule has 4 atom stereocenters. The lowest BCUT2D eigenvalue weighted by Crippen LogP contribution is -2.51. The van der Waals surface area contributed by atoms with Crippen LogP contribution < -0.4 is 10.6 Å². The number of ether oxygens (including phenoxy) is 1. The van der Waals surface area contributed by atoms with Crippen LogP contribution in [0.1, 0.15) is 77.1 Å². The van der Waals surface area contributed by atoms with Crippen molar-refractivity contribution in [3.8, 4) is 33.8 Å². The molecule has 2 saturated heterocycles. The molecule has 0 saturated carbocycles. The summed E-state index contributed by atoms with van der Waals surface area (Å²) >= 11 is 0. The Kier molecular flexibility index (Phi) is 10.9. The highest BCUT2D eigenvalue weighted by atomic mass is 16.5. The second-order valence-electron chi connectivity index (χ2n) is 15.2. The second-order valence-corrected chi connectivity index (χ2v) is 15.2. The Balaban J connectivity index is 1.04. The Bertz CT molecular complexity index is 2220. The molecule has 56 heavy (non-hydrogen) atoms. The summed E-state index contributed by atoms with van der Waals surface area (Å²) in [6, 6.07) is 13.9. The molecule has 2 fully saturated rings. The van der Waals surface area contributed by atoms with Crippen molar-refractivity contribution in [2.24, 2.45) is 11.8 Å². The molecular formula is C41H48N8O7. The van der Waals surface area contributed by atoms with Crippen LogP contribution >= 0.6 is 0 Å². The first kappa shape index (κ1) is 38.2. The van der Waals surface area contributed by atoms with Gasteiger partial charge in [0.05, 0.1) is 43.0 Å². The summed E-state index contributed by atoms with van der Waals surface area (Å²) in [7, 11) is 1.28. The molecule has 2 aliphatic heterocycles. The van der Waals surface area contributed by atoms with Gasteiger partial charge in [-0.1, -0.05) is 52.0 Å². The molecule has 0 unspecified atom stereocenters. The van der Waals surface area contributed by atoms with E-state index in [-0.39, 0.29) is 35.7 Å². The molecule has 15 nitrogen and oxygen atoms in total. The molecule has 0 aliphatic carbocycles. The maximum atomic E-state index is 13.5. The van der Waals surface area contributed by atoms with Gasteiger partial charge in [0.25, 0.3) is 0 Å². The smallest absolute Gasteiger partial charge is 0.407 e. The van der Waals surface area contributed by atoms with Gasteiger partial charge in [0.2, 0.25) is 11.8 Å². The number of fused-ring (bicyclic) bond motifs is 1. The van der Waals surface area contributed by atoms with Gasteiger partial charge >= 0.3 is 12.2 Å². The summed E-state index contributed by atoms with van der Waals surface area (Å²) < 4.78 is 11.0. The maximum Gasteiger partial charge on any atom is 0.407 e. The van der Waals surface area contributed by atoms with Crippen molar-refractivity contribution in [1.82, 2.24) is 40.4 Å². The molecule has 3 aromatic heterocycles. The predicted octanol–water partition coefficient (Wildman–Crippen LogP) is 6.88. The van der Waals surface area contributed by atoms with Crippen molar-refractivity contribution in [3.63, 3.8) is 0 Å². The molecule has 5 N–H and O–H groups in total. The molecule has 4 amide bonds. The zero-order valence-corrected chi connectivity index (χ0v) is 32.2. The van der Waals surface area contributed by atoms with Crippen LogP contribution in [0.3, 0.4) is 0 Å². The number of furan rings is 1. The van der Waals surface area contributed by atoms with E-state index in [4.69, 9.17) is 9.15 Å². The van der Waals surface area contributed by atoms with Crippen molar-refractivity contribution in [2.45, 2.75) is 77.5 Å². The van der Waals surface area contributed by atoms with Crippen molar-refractivity contribution in [3.05, 3.63) is 72.6 Å². The number of likely N-dealkylation sites (tertiary alicyclic amines) is 2. The highest BCUT2D eigenvalue weighted by Gasteiger charge is 2.39. The average molecular weight is 765 g/mol. The molecular weight excluding hydrogens is 716 g/mol. The van der Waals surface area contributed by atoms with Crippen LogP contribution in [0.4, 0.5) is 9.59 Å². The fraction of sp³-hybridized carbons (Fsp3) is 0.415. The Labute approximate surface area is 324 Å². The van der Waals surface area contributed by atoms with Crippen LogP contribution in [-0.4, -0.2) is 91.1 Å². The van der Waals surface area contributed by atoms with E-state index < -0.39 is 24.3 Å². The molecule has 0 bridgehead atoms. The third-order valence-electron chi connectivity index (χ3n) is 10.8. The van der Waals surface area contributed by atoms with Crippen LogP contribution in [0, 0.1) is 11.8 Å². The van der Waals surface area contributed by atoms with E-state index in [1.54, 1.807) is 22.2 Å². The SMILES string of the molecule is COC(=O)N[C@@H](C(=O)N1CCC[C@H]1c1ncc(-c2ccc(-c3cc4cc(-c5cnc([C@@H]6CCCN6C(=O)[C@H](NC(=O)O)C(C)C)[nH]5)ccc4o3)cc2)[nH]1)C(C)C. The molecule has 0 spiro atoms. The fourth-order valence-corrected chi connectivity index (χ4v) is 7.81. The molecule has 0 radical (unpaired) electrons. The highest BCUT2D eigenvalue weighted by molar-refractivity contribution is 5.88. The number of hydrogen-bond acceptors (Lipinski definition) is 8. The van der Waals surface area contributed by atoms with Crippen LogP contribution in [0.15, 0.2) is 65.3 Å². The van der Waals surface area contributed by atoms with Crippen molar-refractivity contribution >= 4 is 35.0 Å². The molecule has 5 aromatic rings. The van der Waals surface area contributed by atoms with E-state index >= 15 is 0 Å². The summed E-state index contributed by atoms with van der Waals surface area (Å²) in [6.45, 7) is 8.56. The molecule has 7 rings (SSSR count). The summed E-state index contributed by atoms with van der Waals surface area (Å²) in [4.78, 5) is 69.9. The largest absolute Gasteiger partial charge is 0.465 e. The average Bonchev–Trinajstić information content (AvgIpc) is 4.03.